The molecule has 1 saturated heterocycles. The number of halogens is 1. The Morgan fingerprint density at radius 3 is 2.42 bits per heavy atom. The summed E-state index contributed by atoms with van der Waals surface area (Å²) in [7, 11) is 0. The van der Waals surface area contributed by atoms with Crippen LogP contribution in [-0.2, 0) is 4.74 Å². The van der Waals surface area contributed by atoms with Gasteiger partial charge in [-0.2, -0.15) is 0 Å². The largest absolute Gasteiger partial charge is 0.373 e. The molecule has 0 aromatic rings. The molecule has 0 bridgehead atoms. The van der Waals surface area contributed by atoms with Gasteiger partial charge in [0.05, 0.1) is 12.2 Å². The van der Waals surface area contributed by atoms with Crippen molar-refractivity contribution in [1.82, 2.24) is 4.90 Å². The fraction of sp³-hybridized carbons (Fsp3) is 0.778. The summed E-state index contributed by atoms with van der Waals surface area (Å²) in [5, 5.41) is 0. The zero-order valence-corrected chi connectivity index (χ0v) is 9.30. The Balaban J connectivity index is 2.38. The van der Waals surface area contributed by atoms with Crippen LogP contribution >= 0.6 is 15.9 Å². The molecule has 2 nitrogen and oxygen atoms in total. The predicted octanol–water partition coefficient (Wildman–Crippen LogP) is 2.00. The van der Waals surface area contributed by atoms with E-state index in [1.807, 2.05) is 0 Å². The van der Waals surface area contributed by atoms with E-state index in [2.05, 4.69) is 41.3 Å². The molecule has 2 atom stereocenters. The van der Waals surface area contributed by atoms with E-state index in [1.54, 1.807) is 0 Å². The van der Waals surface area contributed by atoms with Crippen molar-refractivity contribution in [3.8, 4) is 0 Å². The summed E-state index contributed by atoms with van der Waals surface area (Å²) in [5.74, 6) is 0. The quantitative estimate of drug-likeness (QED) is 0.724. The van der Waals surface area contributed by atoms with Crippen LogP contribution in [0.25, 0.3) is 0 Å². The van der Waals surface area contributed by atoms with Crippen LogP contribution in [0.2, 0.25) is 0 Å². The minimum atomic E-state index is 0.348. The second-order valence-electron chi connectivity index (χ2n) is 3.47. The molecule has 0 amide bonds. The molecule has 0 radical (unpaired) electrons. The molecule has 0 spiro atoms. The SMILES string of the molecule is C=C(Br)CN1CC(C)OC(C)C1. The first-order valence-electron chi connectivity index (χ1n) is 4.29. The van der Waals surface area contributed by atoms with Crippen LogP contribution in [-0.4, -0.2) is 36.7 Å². The summed E-state index contributed by atoms with van der Waals surface area (Å²) < 4.78 is 6.66. The van der Waals surface area contributed by atoms with Crippen LogP contribution in [0.3, 0.4) is 0 Å². The number of rotatable bonds is 2. The third-order valence-electron chi connectivity index (χ3n) is 1.89. The van der Waals surface area contributed by atoms with E-state index in [1.165, 1.54) is 0 Å². The van der Waals surface area contributed by atoms with Crippen molar-refractivity contribution in [2.24, 2.45) is 0 Å². The van der Waals surface area contributed by atoms with Gasteiger partial charge in [-0.3, -0.25) is 4.90 Å². The highest BCUT2D eigenvalue weighted by molar-refractivity contribution is 9.11. The van der Waals surface area contributed by atoms with Gasteiger partial charge in [-0.05, 0) is 13.8 Å². The van der Waals surface area contributed by atoms with E-state index in [0.717, 1.165) is 24.1 Å². The normalized spacial score (nSPS) is 31.9. The highest BCUT2D eigenvalue weighted by Gasteiger charge is 2.21. The lowest BCUT2D eigenvalue weighted by atomic mass is 10.2. The van der Waals surface area contributed by atoms with Crippen molar-refractivity contribution >= 4 is 15.9 Å². The molecule has 1 aliphatic heterocycles. The molecule has 2 unspecified atom stereocenters. The van der Waals surface area contributed by atoms with E-state index in [4.69, 9.17) is 4.74 Å². The molecule has 3 heteroatoms. The summed E-state index contributed by atoms with van der Waals surface area (Å²) in [6, 6.07) is 0. The predicted molar refractivity (Wildman–Crippen MR) is 54.5 cm³/mol. The Bertz CT molecular complexity index is 162. The molecule has 1 heterocycles. The topological polar surface area (TPSA) is 12.5 Å². The van der Waals surface area contributed by atoms with Gasteiger partial charge in [0.15, 0.2) is 0 Å². The summed E-state index contributed by atoms with van der Waals surface area (Å²) in [4.78, 5) is 2.36. The smallest absolute Gasteiger partial charge is 0.0678 e. The molecule has 0 N–H and O–H groups in total. The first-order chi connectivity index (χ1) is 5.58. The Labute approximate surface area is 82.7 Å². The Morgan fingerprint density at radius 2 is 2.00 bits per heavy atom. The summed E-state index contributed by atoms with van der Waals surface area (Å²) in [5.41, 5.74) is 0. The van der Waals surface area contributed by atoms with Crippen LogP contribution in [0.15, 0.2) is 11.1 Å². The van der Waals surface area contributed by atoms with Gasteiger partial charge in [-0.25, -0.2) is 0 Å². The first kappa shape index (κ1) is 10.2. The second kappa shape index (κ2) is 4.40. The van der Waals surface area contributed by atoms with Gasteiger partial charge in [-0.1, -0.05) is 22.5 Å². The van der Waals surface area contributed by atoms with Crippen LogP contribution in [0.1, 0.15) is 13.8 Å². The minimum absolute atomic E-state index is 0.348. The summed E-state index contributed by atoms with van der Waals surface area (Å²) in [6.45, 7) is 11.0. The van der Waals surface area contributed by atoms with E-state index < -0.39 is 0 Å². The van der Waals surface area contributed by atoms with Gasteiger partial charge in [0.2, 0.25) is 0 Å². The van der Waals surface area contributed by atoms with Crippen molar-refractivity contribution in [2.45, 2.75) is 26.1 Å². The lowest BCUT2D eigenvalue weighted by Crippen LogP contribution is -2.45. The molecule has 70 valence electrons. The van der Waals surface area contributed by atoms with Gasteiger partial charge in [0.1, 0.15) is 0 Å². The monoisotopic (exact) mass is 233 g/mol. The van der Waals surface area contributed by atoms with Gasteiger partial charge in [0, 0.05) is 24.1 Å². The average Bonchev–Trinajstić information content (AvgIpc) is 1.81. The molecular weight excluding hydrogens is 218 g/mol. The fourth-order valence-electron chi connectivity index (χ4n) is 1.66. The van der Waals surface area contributed by atoms with Crippen molar-refractivity contribution < 1.29 is 4.74 Å². The maximum atomic E-state index is 5.61. The highest BCUT2D eigenvalue weighted by Crippen LogP contribution is 2.13. The third kappa shape index (κ3) is 3.25. The maximum absolute atomic E-state index is 5.61. The molecule has 1 fully saturated rings. The van der Waals surface area contributed by atoms with Crippen molar-refractivity contribution in [2.75, 3.05) is 19.6 Å². The van der Waals surface area contributed by atoms with Crippen molar-refractivity contribution in [3.05, 3.63) is 11.1 Å². The highest BCUT2D eigenvalue weighted by atomic mass is 79.9. The average molecular weight is 234 g/mol. The standard InChI is InChI=1S/C9H16BrNO/c1-7(10)4-11-5-8(2)12-9(3)6-11/h8-9H,1,4-6H2,2-3H3. The van der Waals surface area contributed by atoms with E-state index >= 15 is 0 Å². The molecule has 0 aliphatic carbocycles. The third-order valence-corrected chi connectivity index (χ3v) is 2.14. The first-order valence-corrected chi connectivity index (χ1v) is 5.08. The second-order valence-corrected chi connectivity index (χ2v) is 4.59. The molecular formula is C9H16BrNO. The number of hydrogen-bond donors (Lipinski definition) is 0. The van der Waals surface area contributed by atoms with Crippen LogP contribution < -0.4 is 0 Å². The molecule has 0 saturated carbocycles. The number of morpholine rings is 1. The maximum Gasteiger partial charge on any atom is 0.0678 e. The van der Waals surface area contributed by atoms with Crippen LogP contribution in [0.4, 0.5) is 0 Å². The molecule has 0 aromatic heterocycles. The van der Waals surface area contributed by atoms with Gasteiger partial charge in [0.25, 0.3) is 0 Å². The van der Waals surface area contributed by atoms with Gasteiger partial charge < -0.3 is 4.74 Å². The number of hydrogen-bond acceptors (Lipinski definition) is 2. The lowest BCUT2D eigenvalue weighted by molar-refractivity contribution is -0.0647. The van der Waals surface area contributed by atoms with E-state index in [0.29, 0.717) is 12.2 Å². The van der Waals surface area contributed by atoms with Crippen LogP contribution in [0, 0.1) is 0 Å². The minimum Gasteiger partial charge on any atom is -0.373 e. The fourth-order valence-corrected chi connectivity index (χ4v) is 2.01. The van der Waals surface area contributed by atoms with Gasteiger partial charge in [-0.15, -0.1) is 0 Å². The zero-order chi connectivity index (χ0) is 9.14. The summed E-state index contributed by atoms with van der Waals surface area (Å²) >= 11 is 3.37. The van der Waals surface area contributed by atoms with E-state index in [-0.39, 0.29) is 0 Å². The Hall–Kier alpha value is 0.140. The van der Waals surface area contributed by atoms with E-state index in [9.17, 15) is 0 Å². The Kier molecular flexibility index (Phi) is 3.75. The van der Waals surface area contributed by atoms with Gasteiger partial charge >= 0.3 is 0 Å². The van der Waals surface area contributed by atoms with Crippen molar-refractivity contribution in [1.29, 1.82) is 0 Å². The molecule has 1 rings (SSSR count). The molecule has 12 heavy (non-hydrogen) atoms. The molecule has 1 aliphatic rings. The summed E-state index contributed by atoms with van der Waals surface area (Å²) in [6.07, 6.45) is 0.696. The molecule has 0 aromatic carbocycles. The Morgan fingerprint density at radius 1 is 1.50 bits per heavy atom. The lowest BCUT2D eigenvalue weighted by Gasteiger charge is -2.35. The number of nitrogens with zero attached hydrogens (tertiary/aromatic N) is 1. The van der Waals surface area contributed by atoms with Crippen LogP contribution in [0.5, 0.6) is 0 Å². The number of ether oxygens (including phenoxy) is 1. The van der Waals surface area contributed by atoms with Crippen molar-refractivity contribution in [3.63, 3.8) is 0 Å². The zero-order valence-electron chi connectivity index (χ0n) is 7.72.